The lowest BCUT2D eigenvalue weighted by atomic mass is 9.49. The Hall–Kier alpha value is -4.15. The normalized spacial score (nSPS) is 32.9. The number of ether oxygens (including phenoxy) is 2. The highest BCUT2D eigenvalue weighted by molar-refractivity contribution is 6.00. The molecule has 0 aromatic heterocycles. The lowest BCUT2D eigenvalue weighted by molar-refractivity contribution is -0.958. The number of hydrogen-bond donors (Lipinski definition) is 2. The smallest absolute Gasteiger partial charge is 0.421 e. The number of hydrogen-bond acceptors (Lipinski definition) is 5. The number of likely N-dealkylation sites (tertiary alicyclic amines) is 1. The van der Waals surface area contributed by atoms with Gasteiger partial charge in [-0.1, -0.05) is 73.7 Å². The second-order valence-corrected chi connectivity index (χ2v) is 14.6. The summed E-state index contributed by atoms with van der Waals surface area (Å²) < 4.78 is 56.8. The van der Waals surface area contributed by atoms with Gasteiger partial charge in [0.2, 0.25) is 5.72 Å². The molecule has 2 aromatic rings. The lowest BCUT2D eigenvalue weighted by Gasteiger charge is -2.62. The molecule has 264 valence electrons. The largest absolute Gasteiger partial charge is 0.508 e. The fourth-order valence-corrected chi connectivity index (χ4v) is 10.1. The summed E-state index contributed by atoms with van der Waals surface area (Å²) in [5, 5.41) is 14.3. The number of aliphatic hydroxyl groups is 1. The Morgan fingerprint density at radius 3 is 2.52 bits per heavy atom. The monoisotopic (exact) mass is 689 g/mol. The number of rotatable bonds is 10. The molecule has 2 bridgehead atoms. The highest BCUT2D eigenvalue weighted by Gasteiger charge is 2.72. The average molecular weight is 690 g/mol. The number of benzene rings is 2. The van der Waals surface area contributed by atoms with E-state index >= 15 is 0 Å². The highest BCUT2D eigenvalue weighted by atomic mass is 19.4. The molecule has 1 amide bonds. The minimum absolute atomic E-state index is 0.165. The molecule has 2 N–H and O–H groups in total. The number of esters is 1. The van der Waals surface area contributed by atoms with Crippen LogP contribution in [0.15, 0.2) is 102 Å². The van der Waals surface area contributed by atoms with Crippen molar-refractivity contribution < 1.29 is 41.8 Å². The average Bonchev–Trinajstić information content (AvgIpc) is 3.42. The molecule has 1 spiro atoms. The van der Waals surface area contributed by atoms with Gasteiger partial charge in [-0.15, -0.1) is 0 Å². The van der Waals surface area contributed by atoms with Crippen molar-refractivity contribution in [1.82, 2.24) is 5.32 Å². The van der Waals surface area contributed by atoms with E-state index in [1.807, 2.05) is 12.1 Å². The summed E-state index contributed by atoms with van der Waals surface area (Å²) in [5.74, 6) is -2.33. The highest BCUT2D eigenvalue weighted by Crippen LogP contribution is 2.68. The molecule has 1 saturated carbocycles. The summed E-state index contributed by atoms with van der Waals surface area (Å²) >= 11 is 0. The Morgan fingerprint density at radius 1 is 1.12 bits per heavy atom. The molecule has 7 rings (SSSR count). The topological polar surface area (TPSA) is 84.9 Å². The van der Waals surface area contributed by atoms with Crippen LogP contribution in [0.2, 0.25) is 0 Å². The van der Waals surface area contributed by atoms with Crippen LogP contribution in [0.5, 0.6) is 0 Å². The lowest BCUT2D eigenvalue weighted by Crippen LogP contribution is -2.71. The maximum atomic E-state index is 14.4. The van der Waals surface area contributed by atoms with Gasteiger partial charge in [0, 0.05) is 49.2 Å². The van der Waals surface area contributed by atoms with Crippen molar-refractivity contribution in [3.05, 3.63) is 113 Å². The van der Waals surface area contributed by atoms with Crippen LogP contribution in [-0.2, 0) is 25.5 Å². The van der Waals surface area contributed by atoms with Crippen LogP contribution in [0.3, 0.4) is 0 Å². The third kappa shape index (κ3) is 5.70. The summed E-state index contributed by atoms with van der Waals surface area (Å²) in [6, 6.07) is 18.3. The first-order valence-electron chi connectivity index (χ1n) is 17.6. The summed E-state index contributed by atoms with van der Waals surface area (Å²) in [6.45, 7) is 7.85. The molecule has 5 aliphatic rings. The molecule has 7 atom stereocenters. The van der Waals surface area contributed by atoms with Gasteiger partial charge in [-0.05, 0) is 48.1 Å². The number of piperidine rings is 1. The van der Waals surface area contributed by atoms with E-state index in [-0.39, 0.29) is 29.4 Å². The summed E-state index contributed by atoms with van der Waals surface area (Å²) in [6.07, 6.45) is 3.34. The Bertz CT molecular complexity index is 1750. The van der Waals surface area contributed by atoms with Crippen molar-refractivity contribution in [2.45, 2.75) is 82.0 Å². The van der Waals surface area contributed by atoms with Crippen molar-refractivity contribution in [3.8, 4) is 0 Å². The van der Waals surface area contributed by atoms with Crippen LogP contribution < -0.4 is 5.32 Å². The van der Waals surface area contributed by atoms with Crippen molar-refractivity contribution in [2.24, 2.45) is 11.3 Å². The molecule has 3 aliphatic carbocycles. The maximum Gasteiger partial charge on any atom is 0.421 e. The van der Waals surface area contributed by atoms with Crippen LogP contribution in [0.4, 0.5) is 13.2 Å². The van der Waals surface area contributed by atoms with E-state index in [4.69, 9.17) is 9.47 Å². The number of nitrogens with one attached hydrogen (secondary N) is 1. The zero-order valence-corrected chi connectivity index (χ0v) is 28.3. The van der Waals surface area contributed by atoms with Crippen LogP contribution in [0, 0.1) is 11.3 Å². The molecular formula is C40H44F3N2O5+. The number of halogens is 3. The van der Waals surface area contributed by atoms with Crippen LogP contribution in [0.1, 0.15) is 56.6 Å². The van der Waals surface area contributed by atoms with Gasteiger partial charge in [0.05, 0.1) is 31.8 Å². The van der Waals surface area contributed by atoms with Crippen molar-refractivity contribution in [2.75, 3.05) is 19.6 Å². The number of quaternary nitrogens is 1. The van der Waals surface area contributed by atoms with E-state index in [0.29, 0.717) is 12.0 Å². The predicted molar refractivity (Wildman–Crippen MR) is 182 cm³/mol. The van der Waals surface area contributed by atoms with Gasteiger partial charge in [-0.25, -0.2) is 0 Å². The zero-order valence-electron chi connectivity index (χ0n) is 28.3. The van der Waals surface area contributed by atoms with Crippen LogP contribution in [-0.4, -0.2) is 71.3 Å². The molecule has 10 heteroatoms. The first-order chi connectivity index (χ1) is 23.9. The molecule has 2 heterocycles. The molecule has 2 aliphatic heterocycles. The molecule has 7 nitrogen and oxygen atoms in total. The first kappa shape index (κ1) is 34.3. The molecule has 3 fully saturated rings. The quantitative estimate of drug-likeness (QED) is 0.0913. The second-order valence-electron chi connectivity index (χ2n) is 14.6. The van der Waals surface area contributed by atoms with Crippen LogP contribution in [0.25, 0.3) is 6.08 Å². The van der Waals surface area contributed by atoms with Crippen LogP contribution >= 0.6 is 0 Å². The summed E-state index contributed by atoms with van der Waals surface area (Å²) in [4.78, 5) is 26.4. The number of nitrogens with zero attached hydrogens (tertiary/aromatic N) is 1. The van der Waals surface area contributed by atoms with Gasteiger partial charge in [0.1, 0.15) is 17.4 Å². The third-order valence-electron chi connectivity index (χ3n) is 11.9. The number of aliphatic hydroxyl groups excluding tert-OH is 1. The maximum absolute atomic E-state index is 14.4. The number of amides is 1. The summed E-state index contributed by atoms with van der Waals surface area (Å²) in [7, 11) is 0. The van der Waals surface area contributed by atoms with Gasteiger partial charge >= 0.3 is 12.1 Å². The Kier molecular flexibility index (Phi) is 8.83. The fourth-order valence-electron chi connectivity index (χ4n) is 10.1. The molecule has 3 unspecified atom stereocenters. The van der Waals surface area contributed by atoms with Gasteiger partial charge in [0.15, 0.2) is 0 Å². The minimum atomic E-state index is -5.02. The molecule has 0 radical (unpaired) electrons. The SMILES string of the molecule is C=CC[N+]1(CCCc2ccccc2)CC[C@@]23C4=C5C[C@@H]1[C@@H]2CCC[C@@H]3OC4C(NC(=O)C(=Cc1ccccc1)C(F)(F)F)(OC(C)=O)C=C5O. The van der Waals surface area contributed by atoms with Crippen molar-refractivity contribution in [1.29, 1.82) is 0 Å². The van der Waals surface area contributed by atoms with E-state index in [1.54, 1.807) is 18.2 Å². The number of aryl methyl sites for hydroxylation is 1. The van der Waals surface area contributed by atoms with E-state index < -0.39 is 40.9 Å². The first-order valence-corrected chi connectivity index (χ1v) is 17.6. The third-order valence-corrected chi connectivity index (χ3v) is 11.9. The van der Waals surface area contributed by atoms with E-state index in [1.165, 1.54) is 23.8 Å². The molecular weight excluding hydrogens is 645 g/mol. The van der Waals surface area contributed by atoms with Gasteiger partial charge in [-0.2, -0.15) is 13.2 Å². The summed E-state index contributed by atoms with van der Waals surface area (Å²) in [5.41, 5.74) is -1.21. The standard InChI is InChI=1S/C40H43F3N2O5/c1-3-20-45(21-11-16-27-12-6-4-7-13-27)22-19-38-30-17-10-18-34(38)49-36-35(38)29(24-32(30)45)33(47)25-39(36,50-26(2)46)44-37(48)31(40(41,42)43)23-28-14-8-5-9-15-28/h3-9,12-15,23,25,30,32,34,36H,1,10-11,16-22,24H2,2H3,(H-,44,47,48)/p+1/t30-,32+,34-,36?,38+,39?,45?/m0/s1. The van der Waals surface area contributed by atoms with E-state index in [9.17, 15) is 27.9 Å². The zero-order chi connectivity index (χ0) is 35.3. The van der Waals surface area contributed by atoms with Crippen molar-refractivity contribution >= 4 is 18.0 Å². The minimum Gasteiger partial charge on any atom is -0.508 e. The molecule has 50 heavy (non-hydrogen) atoms. The van der Waals surface area contributed by atoms with E-state index in [2.05, 4.69) is 36.2 Å². The number of alkyl halides is 3. The number of carbonyl (C=O) groups is 2. The second kappa shape index (κ2) is 12.9. The predicted octanol–water partition coefficient (Wildman–Crippen LogP) is 7.13. The fraction of sp³-hybridized carbons (Fsp3) is 0.450. The Balaban J connectivity index is 1.27. The molecule has 2 saturated heterocycles. The number of carbonyl (C=O) groups excluding carboxylic acids is 2. The van der Waals surface area contributed by atoms with Gasteiger partial charge in [-0.3, -0.25) is 9.59 Å². The molecule has 2 aromatic carbocycles. The number of allylic oxidation sites excluding steroid dienone is 1. The van der Waals surface area contributed by atoms with Gasteiger partial charge in [0.25, 0.3) is 5.91 Å². The van der Waals surface area contributed by atoms with Gasteiger partial charge < -0.3 is 24.4 Å². The van der Waals surface area contributed by atoms with Crippen molar-refractivity contribution in [3.63, 3.8) is 0 Å². The van der Waals surface area contributed by atoms with E-state index in [0.717, 1.165) is 81.2 Å². The Labute approximate surface area is 290 Å². The Morgan fingerprint density at radius 2 is 1.84 bits per heavy atom.